The molecular weight excluding hydrogens is 222 g/mol. The number of hydrogen-bond donors (Lipinski definition) is 1. The summed E-state index contributed by atoms with van der Waals surface area (Å²) in [5, 5.41) is 0. The summed E-state index contributed by atoms with van der Waals surface area (Å²) in [6.45, 7) is 9.94. The molecule has 2 N–H and O–H groups in total. The second-order valence-corrected chi connectivity index (χ2v) is 6.57. The Morgan fingerprint density at radius 1 is 1.33 bits per heavy atom. The van der Waals surface area contributed by atoms with E-state index in [0.717, 1.165) is 25.2 Å². The fraction of sp³-hybridized carbons (Fsp3) is 0.625. The van der Waals surface area contributed by atoms with E-state index in [9.17, 15) is 0 Å². The highest BCUT2D eigenvalue weighted by Crippen LogP contribution is 2.34. The Morgan fingerprint density at radius 2 is 2.06 bits per heavy atom. The van der Waals surface area contributed by atoms with Gasteiger partial charge in [-0.2, -0.15) is 0 Å². The molecule has 0 spiro atoms. The molecule has 2 rings (SSSR count). The minimum atomic E-state index is 0.130. The van der Waals surface area contributed by atoms with Crippen LogP contribution in [0.15, 0.2) is 18.2 Å². The van der Waals surface area contributed by atoms with Crippen molar-refractivity contribution in [3.63, 3.8) is 0 Å². The maximum atomic E-state index is 6.35. The average molecular weight is 247 g/mol. The molecule has 0 saturated carbocycles. The molecule has 0 fully saturated rings. The van der Waals surface area contributed by atoms with Gasteiger partial charge in [0.25, 0.3) is 0 Å². The van der Waals surface area contributed by atoms with Crippen molar-refractivity contribution < 1.29 is 4.74 Å². The zero-order valence-electron chi connectivity index (χ0n) is 12.0. The van der Waals surface area contributed by atoms with E-state index in [1.807, 2.05) is 0 Å². The minimum Gasteiger partial charge on any atom is -0.493 e. The van der Waals surface area contributed by atoms with Crippen molar-refractivity contribution >= 4 is 0 Å². The Morgan fingerprint density at radius 3 is 2.72 bits per heavy atom. The molecule has 100 valence electrons. The molecule has 2 nitrogen and oxygen atoms in total. The lowest BCUT2D eigenvalue weighted by atomic mass is 9.77. The van der Waals surface area contributed by atoms with Crippen molar-refractivity contribution in [1.82, 2.24) is 0 Å². The quantitative estimate of drug-likeness (QED) is 0.884. The van der Waals surface area contributed by atoms with Gasteiger partial charge in [0.2, 0.25) is 0 Å². The summed E-state index contributed by atoms with van der Waals surface area (Å²) in [7, 11) is 0. The molecule has 0 saturated heterocycles. The predicted molar refractivity (Wildman–Crippen MR) is 75.8 cm³/mol. The predicted octanol–water partition coefficient (Wildman–Crippen LogP) is 3.69. The lowest BCUT2D eigenvalue weighted by molar-refractivity contribution is 0.234. The van der Waals surface area contributed by atoms with Crippen LogP contribution in [0.3, 0.4) is 0 Å². The van der Waals surface area contributed by atoms with E-state index >= 15 is 0 Å². The van der Waals surface area contributed by atoms with Crippen LogP contribution in [0, 0.1) is 11.3 Å². The minimum absolute atomic E-state index is 0.130. The van der Waals surface area contributed by atoms with Gasteiger partial charge >= 0.3 is 0 Å². The van der Waals surface area contributed by atoms with E-state index in [0.29, 0.717) is 11.3 Å². The molecule has 2 atom stereocenters. The van der Waals surface area contributed by atoms with Gasteiger partial charge < -0.3 is 10.5 Å². The van der Waals surface area contributed by atoms with Gasteiger partial charge in [0.1, 0.15) is 5.75 Å². The van der Waals surface area contributed by atoms with Gasteiger partial charge in [0, 0.05) is 12.5 Å². The summed E-state index contributed by atoms with van der Waals surface area (Å²) in [5.41, 5.74) is 9.22. The van der Waals surface area contributed by atoms with Crippen LogP contribution in [0.4, 0.5) is 0 Å². The highest BCUT2D eigenvalue weighted by molar-refractivity contribution is 5.40. The molecule has 18 heavy (non-hydrogen) atoms. The Labute approximate surface area is 111 Å². The topological polar surface area (TPSA) is 35.2 Å². The van der Waals surface area contributed by atoms with Crippen LogP contribution >= 0.6 is 0 Å². The first-order valence-corrected chi connectivity index (χ1v) is 6.89. The Bertz CT molecular complexity index is 420. The molecule has 0 radical (unpaired) electrons. The normalized spacial score (nSPS) is 18.1. The second kappa shape index (κ2) is 4.93. The van der Waals surface area contributed by atoms with Gasteiger partial charge in [-0.05, 0) is 34.9 Å². The first kappa shape index (κ1) is 13.4. The first-order valence-electron chi connectivity index (χ1n) is 6.89. The van der Waals surface area contributed by atoms with Crippen LogP contribution in [0.2, 0.25) is 0 Å². The third kappa shape index (κ3) is 2.86. The van der Waals surface area contributed by atoms with E-state index in [4.69, 9.17) is 10.5 Å². The molecule has 1 aliphatic rings. The molecule has 0 aliphatic carbocycles. The van der Waals surface area contributed by atoms with Gasteiger partial charge in [0.15, 0.2) is 0 Å². The zero-order chi connectivity index (χ0) is 13.3. The highest BCUT2D eigenvalue weighted by atomic mass is 16.5. The number of fused-ring (bicyclic) bond motifs is 1. The summed E-state index contributed by atoms with van der Waals surface area (Å²) in [6, 6.07) is 6.54. The zero-order valence-corrected chi connectivity index (χ0v) is 12.0. The molecule has 2 heteroatoms. The maximum Gasteiger partial charge on any atom is 0.122 e. The summed E-state index contributed by atoms with van der Waals surface area (Å²) in [6.07, 6.45) is 2.05. The average Bonchev–Trinajstić information content (AvgIpc) is 2.74. The highest BCUT2D eigenvalue weighted by Gasteiger charge is 2.23. The standard InChI is InChI=1S/C16H25NO/c1-11(16(2,3)4)9-14(17)12-5-6-15-13(10-12)7-8-18-15/h5-6,10-11,14H,7-9,17H2,1-4H3. The lowest BCUT2D eigenvalue weighted by Gasteiger charge is -2.29. The number of ether oxygens (including phenoxy) is 1. The van der Waals surface area contributed by atoms with E-state index in [1.165, 1.54) is 11.1 Å². The monoisotopic (exact) mass is 247 g/mol. The Hall–Kier alpha value is -1.02. The summed E-state index contributed by atoms with van der Waals surface area (Å²) in [5.74, 6) is 1.65. The lowest BCUT2D eigenvalue weighted by Crippen LogP contribution is -2.23. The third-order valence-corrected chi connectivity index (χ3v) is 4.23. The van der Waals surface area contributed by atoms with Crippen molar-refractivity contribution in [3.05, 3.63) is 29.3 Å². The van der Waals surface area contributed by atoms with Gasteiger partial charge in [-0.3, -0.25) is 0 Å². The van der Waals surface area contributed by atoms with Crippen molar-refractivity contribution in [2.45, 2.75) is 46.6 Å². The molecule has 1 aromatic rings. The third-order valence-electron chi connectivity index (χ3n) is 4.23. The molecule has 0 amide bonds. The van der Waals surface area contributed by atoms with Crippen LogP contribution in [-0.2, 0) is 6.42 Å². The number of nitrogens with two attached hydrogens (primary N) is 1. The summed E-state index contributed by atoms with van der Waals surface area (Å²) in [4.78, 5) is 0. The van der Waals surface area contributed by atoms with Crippen LogP contribution in [-0.4, -0.2) is 6.61 Å². The van der Waals surface area contributed by atoms with Gasteiger partial charge in [-0.1, -0.05) is 39.8 Å². The molecule has 0 bridgehead atoms. The van der Waals surface area contributed by atoms with Gasteiger partial charge in [-0.25, -0.2) is 0 Å². The van der Waals surface area contributed by atoms with Crippen molar-refractivity contribution in [1.29, 1.82) is 0 Å². The van der Waals surface area contributed by atoms with Crippen LogP contribution in [0.1, 0.15) is 51.3 Å². The van der Waals surface area contributed by atoms with Gasteiger partial charge in [-0.15, -0.1) is 0 Å². The fourth-order valence-corrected chi connectivity index (χ4v) is 2.31. The number of hydrogen-bond acceptors (Lipinski definition) is 2. The molecule has 0 aromatic heterocycles. The van der Waals surface area contributed by atoms with Crippen LogP contribution in [0.25, 0.3) is 0 Å². The molecule has 1 aromatic carbocycles. The Balaban J connectivity index is 2.07. The molecular formula is C16H25NO. The summed E-state index contributed by atoms with van der Waals surface area (Å²) >= 11 is 0. The van der Waals surface area contributed by atoms with Crippen LogP contribution < -0.4 is 10.5 Å². The molecule has 2 unspecified atom stereocenters. The van der Waals surface area contributed by atoms with Crippen molar-refractivity contribution in [2.75, 3.05) is 6.61 Å². The maximum absolute atomic E-state index is 6.35. The van der Waals surface area contributed by atoms with Gasteiger partial charge in [0.05, 0.1) is 6.61 Å². The number of rotatable bonds is 3. The SMILES string of the molecule is CC(CC(N)c1ccc2c(c1)CCO2)C(C)(C)C. The first-order chi connectivity index (χ1) is 8.38. The molecule has 1 heterocycles. The molecule has 1 aliphatic heterocycles. The van der Waals surface area contributed by atoms with E-state index in [1.54, 1.807) is 0 Å². The largest absolute Gasteiger partial charge is 0.493 e. The number of benzene rings is 1. The van der Waals surface area contributed by atoms with E-state index in [-0.39, 0.29) is 6.04 Å². The van der Waals surface area contributed by atoms with Crippen molar-refractivity contribution in [3.8, 4) is 5.75 Å². The van der Waals surface area contributed by atoms with Crippen LogP contribution in [0.5, 0.6) is 5.75 Å². The van der Waals surface area contributed by atoms with Crippen molar-refractivity contribution in [2.24, 2.45) is 17.1 Å². The summed E-state index contributed by atoms with van der Waals surface area (Å²) < 4.78 is 5.53. The smallest absolute Gasteiger partial charge is 0.122 e. The van der Waals surface area contributed by atoms with E-state index in [2.05, 4.69) is 45.9 Å². The van der Waals surface area contributed by atoms with E-state index < -0.39 is 0 Å². The fourth-order valence-electron chi connectivity index (χ4n) is 2.31. The second-order valence-electron chi connectivity index (χ2n) is 6.57. The Kier molecular flexibility index (Phi) is 3.67.